The third kappa shape index (κ3) is 4.45. The number of carbonyl (C=O) groups excluding carboxylic acids is 1. The van der Waals surface area contributed by atoms with E-state index in [0.29, 0.717) is 17.0 Å². The lowest BCUT2D eigenvalue weighted by atomic mass is 10.0. The van der Waals surface area contributed by atoms with Gasteiger partial charge in [0.25, 0.3) is 5.56 Å². The predicted octanol–water partition coefficient (Wildman–Crippen LogP) is 4.61. The first kappa shape index (κ1) is 22.5. The normalized spacial score (nSPS) is 13.7. The molecular formula is C23H27N5O2S2. The molecule has 0 bridgehead atoms. The molecule has 0 radical (unpaired) electrons. The van der Waals surface area contributed by atoms with E-state index >= 15 is 0 Å². The van der Waals surface area contributed by atoms with E-state index in [1.165, 1.54) is 23.1 Å². The zero-order valence-corrected chi connectivity index (χ0v) is 20.4. The van der Waals surface area contributed by atoms with Crippen molar-refractivity contribution in [2.45, 2.75) is 51.7 Å². The first-order valence-electron chi connectivity index (χ1n) is 10.6. The molecular weight excluding hydrogens is 442 g/mol. The van der Waals surface area contributed by atoms with Crippen LogP contribution in [-0.4, -0.2) is 31.1 Å². The Labute approximate surface area is 194 Å². The van der Waals surface area contributed by atoms with Gasteiger partial charge in [-0.25, -0.2) is 9.97 Å². The number of thiophene rings is 1. The fraction of sp³-hybridized carbons (Fsp3) is 0.391. The van der Waals surface area contributed by atoms with Crippen molar-refractivity contribution in [3.8, 4) is 0 Å². The highest BCUT2D eigenvalue weighted by atomic mass is 32.2. The van der Waals surface area contributed by atoms with Gasteiger partial charge in [-0.2, -0.15) is 0 Å². The summed E-state index contributed by atoms with van der Waals surface area (Å²) in [5.41, 5.74) is 2.70. The van der Waals surface area contributed by atoms with E-state index in [9.17, 15) is 9.59 Å². The standard InChI is InChI=1S/C23H27N5O2S2/c1-11(2)19(20-24-15-8-6-7-9-16(15)25-20)28-21(29)14(5)31-10-17-26-22(30)18-12(3)13(4)32-23(18)27-17/h6-9,11,14,19H,10H2,1-5H3,(H,24,25)(H,28,29)(H,26,27,30). The summed E-state index contributed by atoms with van der Waals surface area (Å²) < 4.78 is 0. The summed E-state index contributed by atoms with van der Waals surface area (Å²) in [6.07, 6.45) is 0. The molecule has 3 aromatic heterocycles. The van der Waals surface area contributed by atoms with E-state index in [1.54, 1.807) is 0 Å². The SMILES string of the molecule is Cc1sc2nc(CSC(C)C(=O)NC(c3nc4ccccc4[nH]3)C(C)C)[nH]c(=O)c2c1C. The fourth-order valence-corrected chi connectivity index (χ4v) is 5.40. The molecule has 0 fully saturated rings. The number of carbonyl (C=O) groups is 1. The van der Waals surface area contributed by atoms with Crippen molar-refractivity contribution in [3.63, 3.8) is 0 Å². The molecule has 0 saturated carbocycles. The smallest absolute Gasteiger partial charge is 0.259 e. The summed E-state index contributed by atoms with van der Waals surface area (Å²) in [4.78, 5) is 42.7. The summed E-state index contributed by atoms with van der Waals surface area (Å²) in [6, 6.07) is 7.62. The van der Waals surface area contributed by atoms with Gasteiger partial charge in [-0.05, 0) is 44.4 Å². The summed E-state index contributed by atoms with van der Waals surface area (Å²) >= 11 is 2.98. The molecule has 0 aliphatic heterocycles. The Bertz CT molecular complexity index is 1300. The quantitative estimate of drug-likeness (QED) is 0.367. The van der Waals surface area contributed by atoms with Crippen LogP contribution in [0.15, 0.2) is 29.1 Å². The maximum atomic E-state index is 12.9. The van der Waals surface area contributed by atoms with E-state index in [1.807, 2.05) is 45.0 Å². The number of amides is 1. The summed E-state index contributed by atoms with van der Waals surface area (Å²) in [7, 11) is 0. The number of nitrogens with one attached hydrogen (secondary N) is 3. The lowest BCUT2D eigenvalue weighted by Crippen LogP contribution is -2.37. The number of fused-ring (bicyclic) bond motifs is 2. The fourth-order valence-electron chi connectivity index (χ4n) is 3.59. The van der Waals surface area contributed by atoms with Gasteiger partial charge in [-0.1, -0.05) is 26.0 Å². The van der Waals surface area contributed by atoms with Crippen LogP contribution in [0.2, 0.25) is 0 Å². The van der Waals surface area contributed by atoms with Gasteiger partial charge in [0, 0.05) is 4.88 Å². The molecule has 168 valence electrons. The van der Waals surface area contributed by atoms with Crippen LogP contribution >= 0.6 is 23.1 Å². The Hall–Kier alpha value is -2.65. The number of thioether (sulfide) groups is 1. The maximum absolute atomic E-state index is 12.9. The minimum absolute atomic E-state index is 0.0691. The highest BCUT2D eigenvalue weighted by Gasteiger charge is 2.25. The van der Waals surface area contributed by atoms with Gasteiger partial charge in [0.1, 0.15) is 16.5 Å². The van der Waals surface area contributed by atoms with Crippen LogP contribution in [0.1, 0.15) is 48.9 Å². The van der Waals surface area contributed by atoms with Crippen molar-refractivity contribution in [1.82, 2.24) is 25.3 Å². The van der Waals surface area contributed by atoms with Crippen LogP contribution in [0.3, 0.4) is 0 Å². The second-order valence-corrected chi connectivity index (χ2v) is 10.8. The van der Waals surface area contributed by atoms with Crippen molar-refractivity contribution in [1.29, 1.82) is 0 Å². The van der Waals surface area contributed by atoms with E-state index in [-0.39, 0.29) is 28.7 Å². The van der Waals surface area contributed by atoms with Crippen molar-refractivity contribution in [3.05, 3.63) is 56.7 Å². The van der Waals surface area contributed by atoms with Crippen LogP contribution in [0, 0.1) is 19.8 Å². The number of aromatic amines is 2. The Balaban J connectivity index is 1.44. The van der Waals surface area contributed by atoms with E-state index in [0.717, 1.165) is 32.1 Å². The number of hydrogen-bond donors (Lipinski definition) is 3. The minimum Gasteiger partial charge on any atom is -0.345 e. The number of nitrogens with zero attached hydrogens (tertiary/aromatic N) is 2. The number of aryl methyl sites for hydroxylation is 2. The van der Waals surface area contributed by atoms with E-state index in [2.05, 4.69) is 39.1 Å². The number of rotatable bonds is 7. The number of aromatic nitrogens is 4. The number of para-hydroxylation sites is 2. The molecule has 0 aliphatic rings. The van der Waals surface area contributed by atoms with Crippen molar-refractivity contribution >= 4 is 50.3 Å². The number of H-pyrrole nitrogens is 2. The Morgan fingerprint density at radius 3 is 2.62 bits per heavy atom. The Morgan fingerprint density at radius 1 is 1.16 bits per heavy atom. The summed E-state index contributed by atoms with van der Waals surface area (Å²) in [5, 5.41) is 3.49. The zero-order valence-electron chi connectivity index (χ0n) is 18.8. The van der Waals surface area contributed by atoms with Gasteiger partial charge in [-0.3, -0.25) is 9.59 Å². The van der Waals surface area contributed by atoms with Crippen LogP contribution in [0.5, 0.6) is 0 Å². The first-order chi connectivity index (χ1) is 15.2. The van der Waals surface area contributed by atoms with Crippen LogP contribution < -0.4 is 10.9 Å². The Kier molecular flexibility index (Phi) is 6.39. The highest BCUT2D eigenvalue weighted by molar-refractivity contribution is 7.99. The molecule has 1 amide bonds. The molecule has 2 unspecified atom stereocenters. The molecule has 4 rings (SSSR count). The third-order valence-electron chi connectivity index (χ3n) is 5.59. The topological polar surface area (TPSA) is 104 Å². The van der Waals surface area contributed by atoms with Gasteiger partial charge >= 0.3 is 0 Å². The molecule has 2 atom stereocenters. The average molecular weight is 470 g/mol. The van der Waals surface area contributed by atoms with Gasteiger partial charge in [0.05, 0.1) is 33.5 Å². The average Bonchev–Trinajstić information content (AvgIpc) is 3.30. The predicted molar refractivity (Wildman–Crippen MR) is 132 cm³/mol. The van der Waals surface area contributed by atoms with E-state index in [4.69, 9.17) is 0 Å². The van der Waals surface area contributed by atoms with Crippen LogP contribution in [0.25, 0.3) is 21.3 Å². The molecule has 9 heteroatoms. The minimum atomic E-state index is -0.312. The highest BCUT2D eigenvalue weighted by Crippen LogP contribution is 2.27. The van der Waals surface area contributed by atoms with Gasteiger partial charge in [-0.15, -0.1) is 23.1 Å². The molecule has 32 heavy (non-hydrogen) atoms. The van der Waals surface area contributed by atoms with Crippen LogP contribution in [0.4, 0.5) is 0 Å². The van der Waals surface area contributed by atoms with Crippen molar-refractivity contribution in [2.75, 3.05) is 0 Å². The van der Waals surface area contributed by atoms with Crippen molar-refractivity contribution < 1.29 is 4.79 Å². The Morgan fingerprint density at radius 2 is 1.91 bits per heavy atom. The molecule has 4 aromatic rings. The summed E-state index contributed by atoms with van der Waals surface area (Å²) in [5.74, 6) is 1.90. The third-order valence-corrected chi connectivity index (χ3v) is 7.85. The molecule has 7 nitrogen and oxygen atoms in total. The molecule has 0 spiro atoms. The number of imidazole rings is 1. The lowest BCUT2D eigenvalue weighted by Gasteiger charge is -2.22. The number of benzene rings is 1. The van der Waals surface area contributed by atoms with Crippen molar-refractivity contribution in [2.24, 2.45) is 5.92 Å². The zero-order chi connectivity index (χ0) is 23.0. The molecule has 3 N–H and O–H groups in total. The second kappa shape index (κ2) is 9.07. The van der Waals surface area contributed by atoms with Gasteiger partial charge in [0.2, 0.25) is 5.91 Å². The number of hydrogen-bond acceptors (Lipinski definition) is 6. The lowest BCUT2D eigenvalue weighted by molar-refractivity contribution is -0.121. The second-order valence-electron chi connectivity index (χ2n) is 8.30. The summed E-state index contributed by atoms with van der Waals surface area (Å²) in [6.45, 7) is 9.93. The van der Waals surface area contributed by atoms with E-state index < -0.39 is 0 Å². The molecule has 3 heterocycles. The van der Waals surface area contributed by atoms with Gasteiger partial charge < -0.3 is 15.3 Å². The maximum Gasteiger partial charge on any atom is 0.259 e. The molecule has 0 aliphatic carbocycles. The van der Waals surface area contributed by atoms with Crippen LogP contribution in [-0.2, 0) is 10.5 Å². The molecule has 1 aromatic carbocycles. The molecule has 0 saturated heterocycles. The largest absolute Gasteiger partial charge is 0.345 e. The van der Waals surface area contributed by atoms with Gasteiger partial charge in [0.15, 0.2) is 0 Å². The first-order valence-corrected chi connectivity index (χ1v) is 12.5. The monoisotopic (exact) mass is 469 g/mol.